The van der Waals surface area contributed by atoms with Crippen molar-refractivity contribution in [3.05, 3.63) is 63.6 Å². The topological polar surface area (TPSA) is 82.5 Å². The number of anilines is 1. The molecule has 33 heavy (non-hydrogen) atoms. The van der Waals surface area contributed by atoms with Crippen LogP contribution in [0.1, 0.15) is 23.7 Å². The molecule has 1 aromatic heterocycles. The molecule has 0 bridgehead atoms. The summed E-state index contributed by atoms with van der Waals surface area (Å²) in [6.07, 6.45) is 0.750. The molecule has 9 heteroatoms. The third-order valence-corrected chi connectivity index (χ3v) is 7.49. The van der Waals surface area contributed by atoms with Gasteiger partial charge in [-0.05, 0) is 49.2 Å². The van der Waals surface area contributed by atoms with Crippen LogP contribution < -0.4 is 20.3 Å². The number of aromatic nitrogens is 2. The van der Waals surface area contributed by atoms with Crippen LogP contribution in [0.5, 0.6) is 11.5 Å². The lowest BCUT2D eigenvalue weighted by Crippen LogP contribution is -2.25. The molecule has 1 atom stereocenters. The zero-order valence-electron chi connectivity index (χ0n) is 18.5. The van der Waals surface area contributed by atoms with E-state index in [0.29, 0.717) is 32.5 Å². The number of nitrogens with zero attached hydrogens (tertiary/aromatic N) is 2. The highest BCUT2D eigenvalue weighted by Gasteiger charge is 2.27. The van der Waals surface area contributed by atoms with Crippen LogP contribution in [0.4, 0.5) is 5.69 Å². The van der Waals surface area contributed by atoms with Gasteiger partial charge in [0.2, 0.25) is 12.7 Å². The molecule has 1 N–H and O–H groups in total. The van der Waals surface area contributed by atoms with Crippen molar-refractivity contribution < 1.29 is 14.3 Å². The van der Waals surface area contributed by atoms with Gasteiger partial charge >= 0.3 is 0 Å². The highest BCUT2D eigenvalue weighted by Crippen LogP contribution is 2.36. The van der Waals surface area contributed by atoms with Crippen LogP contribution in [0, 0.1) is 13.8 Å². The lowest BCUT2D eigenvalue weighted by molar-refractivity contribution is -0.113. The Kier molecular flexibility index (Phi) is 5.84. The predicted molar refractivity (Wildman–Crippen MR) is 130 cm³/mol. The Hall–Kier alpha value is -2.91. The van der Waals surface area contributed by atoms with E-state index in [0.717, 1.165) is 28.9 Å². The van der Waals surface area contributed by atoms with Gasteiger partial charge in [0, 0.05) is 23.4 Å². The summed E-state index contributed by atoms with van der Waals surface area (Å²) in [6, 6.07) is 11.3. The van der Waals surface area contributed by atoms with E-state index in [1.54, 1.807) is 34.5 Å². The first-order chi connectivity index (χ1) is 15.9. The van der Waals surface area contributed by atoms with Crippen molar-refractivity contribution in [1.82, 2.24) is 9.55 Å². The summed E-state index contributed by atoms with van der Waals surface area (Å²) in [5, 5.41) is 3.71. The highest BCUT2D eigenvalue weighted by molar-refractivity contribution is 8.00. The van der Waals surface area contributed by atoms with Crippen molar-refractivity contribution in [3.63, 3.8) is 0 Å². The molecule has 0 aliphatic carbocycles. The number of aryl methyl sites for hydroxylation is 2. The van der Waals surface area contributed by atoms with E-state index in [1.165, 1.54) is 11.8 Å². The molecule has 3 aromatic rings. The number of fused-ring (bicyclic) bond motifs is 2. The van der Waals surface area contributed by atoms with E-state index in [4.69, 9.17) is 14.5 Å². The van der Waals surface area contributed by atoms with Crippen molar-refractivity contribution in [2.75, 3.05) is 17.9 Å². The molecule has 2 aliphatic heterocycles. The number of carbonyl (C=O) groups excluding carboxylic acids is 1. The minimum absolute atomic E-state index is 0.0713. The quantitative estimate of drug-likeness (QED) is 0.429. The monoisotopic (exact) mass is 481 g/mol. The number of nitrogens with one attached hydrogen (secondary N) is 1. The van der Waals surface area contributed by atoms with Gasteiger partial charge in [-0.25, -0.2) is 4.98 Å². The fourth-order valence-electron chi connectivity index (χ4n) is 4.01. The van der Waals surface area contributed by atoms with E-state index in [-0.39, 0.29) is 24.0 Å². The number of hydrogen-bond donors (Lipinski definition) is 1. The number of rotatable bonds is 5. The number of thioether (sulfide) groups is 2. The number of ether oxygens (including phenoxy) is 2. The Morgan fingerprint density at radius 2 is 1.94 bits per heavy atom. The second kappa shape index (κ2) is 8.79. The predicted octanol–water partition coefficient (Wildman–Crippen LogP) is 4.35. The van der Waals surface area contributed by atoms with Crippen LogP contribution >= 0.6 is 23.5 Å². The molecule has 0 radical (unpaired) electrons. The largest absolute Gasteiger partial charge is 0.454 e. The SMILES string of the molecule is Cc1cc(C)cc(-n2c(SCC(=O)Nc3ccc4c(c3)OCO4)nc3c(c2=O)SC(C)C3)c1. The van der Waals surface area contributed by atoms with Crippen LogP contribution in [-0.4, -0.2) is 33.3 Å². The molecular weight excluding hydrogens is 458 g/mol. The number of amides is 1. The molecule has 0 spiro atoms. The minimum Gasteiger partial charge on any atom is -0.454 e. The Bertz CT molecular complexity index is 1300. The first-order valence-electron chi connectivity index (χ1n) is 10.6. The summed E-state index contributed by atoms with van der Waals surface area (Å²) in [4.78, 5) is 31.7. The van der Waals surface area contributed by atoms with Gasteiger partial charge in [-0.2, -0.15) is 0 Å². The van der Waals surface area contributed by atoms with Crippen molar-refractivity contribution in [2.45, 2.75) is 42.5 Å². The fourth-order valence-corrected chi connectivity index (χ4v) is 5.93. The van der Waals surface area contributed by atoms with Crippen molar-refractivity contribution in [1.29, 1.82) is 0 Å². The zero-order chi connectivity index (χ0) is 23.1. The Labute approximate surface area is 199 Å². The second-order valence-electron chi connectivity index (χ2n) is 8.19. The van der Waals surface area contributed by atoms with Gasteiger partial charge in [-0.15, -0.1) is 11.8 Å². The maximum atomic E-state index is 13.5. The van der Waals surface area contributed by atoms with Gasteiger partial charge in [0.1, 0.15) is 0 Å². The molecule has 170 valence electrons. The maximum absolute atomic E-state index is 13.5. The number of hydrogen-bond acceptors (Lipinski definition) is 7. The summed E-state index contributed by atoms with van der Waals surface area (Å²) < 4.78 is 12.3. The van der Waals surface area contributed by atoms with Gasteiger partial charge in [-0.3, -0.25) is 14.2 Å². The van der Waals surface area contributed by atoms with Gasteiger partial charge in [-0.1, -0.05) is 24.8 Å². The van der Waals surface area contributed by atoms with Crippen molar-refractivity contribution in [3.8, 4) is 17.2 Å². The zero-order valence-corrected chi connectivity index (χ0v) is 20.1. The number of carbonyl (C=O) groups is 1. The van der Waals surface area contributed by atoms with Gasteiger partial charge < -0.3 is 14.8 Å². The average Bonchev–Trinajstić information content (AvgIpc) is 3.37. The van der Waals surface area contributed by atoms with Crippen LogP contribution in [0.25, 0.3) is 5.69 Å². The first-order valence-corrected chi connectivity index (χ1v) is 12.5. The molecule has 7 nitrogen and oxygen atoms in total. The Morgan fingerprint density at radius 1 is 1.18 bits per heavy atom. The molecule has 0 saturated heterocycles. The lowest BCUT2D eigenvalue weighted by atomic mass is 10.1. The lowest BCUT2D eigenvalue weighted by Gasteiger charge is -2.15. The molecule has 0 fully saturated rings. The van der Waals surface area contributed by atoms with Crippen LogP contribution in [0.15, 0.2) is 51.2 Å². The Balaban J connectivity index is 1.42. The smallest absolute Gasteiger partial charge is 0.272 e. The molecule has 2 aromatic carbocycles. The maximum Gasteiger partial charge on any atom is 0.272 e. The highest BCUT2D eigenvalue weighted by atomic mass is 32.2. The molecular formula is C24H23N3O4S2. The van der Waals surface area contributed by atoms with E-state index in [2.05, 4.69) is 18.3 Å². The van der Waals surface area contributed by atoms with Gasteiger partial charge in [0.25, 0.3) is 5.56 Å². The van der Waals surface area contributed by atoms with Crippen molar-refractivity contribution in [2.24, 2.45) is 0 Å². The van der Waals surface area contributed by atoms with Crippen LogP contribution in [0.2, 0.25) is 0 Å². The summed E-state index contributed by atoms with van der Waals surface area (Å²) in [6.45, 7) is 6.29. The molecule has 3 heterocycles. The fraction of sp³-hybridized carbons (Fsp3) is 0.292. The second-order valence-corrected chi connectivity index (χ2v) is 10.6. The summed E-state index contributed by atoms with van der Waals surface area (Å²) in [5.41, 5.74) is 4.27. The molecule has 5 rings (SSSR count). The normalized spacial score (nSPS) is 16.0. The summed E-state index contributed by atoms with van der Waals surface area (Å²) in [7, 11) is 0. The van der Waals surface area contributed by atoms with Crippen molar-refractivity contribution >= 4 is 35.1 Å². The van der Waals surface area contributed by atoms with E-state index in [9.17, 15) is 9.59 Å². The standard InChI is InChI=1S/C24H23N3O4S2/c1-13-6-14(2)8-17(7-13)27-23(29)22-18(9-15(3)33-22)26-24(27)32-11-21(28)25-16-4-5-19-20(10-16)31-12-30-19/h4-8,10,15H,9,11-12H2,1-3H3,(H,25,28). The van der Waals surface area contributed by atoms with E-state index in [1.807, 2.05) is 26.0 Å². The van der Waals surface area contributed by atoms with E-state index >= 15 is 0 Å². The van der Waals surface area contributed by atoms with E-state index < -0.39 is 0 Å². The Morgan fingerprint density at radius 3 is 2.73 bits per heavy atom. The third-order valence-electron chi connectivity index (χ3n) is 5.33. The molecule has 1 unspecified atom stereocenters. The third kappa shape index (κ3) is 4.47. The van der Waals surface area contributed by atoms with Crippen LogP contribution in [-0.2, 0) is 11.2 Å². The number of benzene rings is 2. The van der Waals surface area contributed by atoms with Gasteiger partial charge in [0.15, 0.2) is 16.7 Å². The summed E-state index contributed by atoms with van der Waals surface area (Å²) in [5.74, 6) is 1.20. The first kappa shape index (κ1) is 21.9. The summed E-state index contributed by atoms with van der Waals surface area (Å²) >= 11 is 2.84. The van der Waals surface area contributed by atoms with Crippen LogP contribution in [0.3, 0.4) is 0 Å². The average molecular weight is 482 g/mol. The molecule has 0 saturated carbocycles. The minimum atomic E-state index is -0.191. The molecule has 2 aliphatic rings. The van der Waals surface area contributed by atoms with Gasteiger partial charge in [0.05, 0.1) is 22.0 Å². The molecule has 1 amide bonds.